The van der Waals surface area contributed by atoms with Crippen LogP contribution in [0.15, 0.2) is 37.6 Å². The lowest BCUT2D eigenvalue weighted by Crippen LogP contribution is -2.28. The first-order valence-electron chi connectivity index (χ1n) is 5.83. The topological polar surface area (TPSA) is 87.8 Å². The molecule has 2 heterocycles. The van der Waals surface area contributed by atoms with Gasteiger partial charge in [-0.15, -0.1) is 11.3 Å². The Morgan fingerprint density at radius 1 is 1.52 bits per heavy atom. The second-order valence-electron chi connectivity index (χ2n) is 4.21. The summed E-state index contributed by atoms with van der Waals surface area (Å²) in [5.41, 5.74) is 0. The monoisotopic (exact) mass is 393 g/mol. The molecule has 0 saturated heterocycles. The van der Waals surface area contributed by atoms with Gasteiger partial charge in [-0.3, -0.25) is 0 Å². The summed E-state index contributed by atoms with van der Waals surface area (Å²) >= 11 is 4.50. The molecule has 0 bridgehead atoms. The molecule has 0 fully saturated rings. The maximum absolute atomic E-state index is 12.4. The molecule has 9 heteroatoms. The lowest BCUT2D eigenvalue weighted by Gasteiger charge is -2.15. The van der Waals surface area contributed by atoms with E-state index in [1.807, 2.05) is 17.5 Å². The normalized spacial score (nSPS) is 12.0. The maximum Gasteiger partial charge on any atom is 0.371 e. The summed E-state index contributed by atoms with van der Waals surface area (Å²) < 4.78 is 30.7. The molecule has 0 aromatic carbocycles. The van der Waals surface area contributed by atoms with Gasteiger partial charge in [-0.25, -0.2) is 17.5 Å². The Kier molecular flexibility index (Phi) is 4.87. The highest BCUT2D eigenvalue weighted by Crippen LogP contribution is 2.28. The van der Waals surface area contributed by atoms with Crippen molar-refractivity contribution in [1.82, 2.24) is 4.31 Å². The number of rotatable bonds is 6. The van der Waals surface area contributed by atoms with Crippen LogP contribution in [0.25, 0.3) is 0 Å². The zero-order chi connectivity index (χ0) is 15.6. The highest BCUT2D eigenvalue weighted by atomic mass is 79.9. The number of nitrogens with zero attached hydrogens (tertiary/aromatic N) is 1. The molecule has 0 amide bonds. The van der Waals surface area contributed by atoms with E-state index < -0.39 is 21.8 Å². The van der Waals surface area contributed by atoms with E-state index in [1.54, 1.807) is 11.3 Å². The molecule has 0 saturated carbocycles. The highest BCUT2D eigenvalue weighted by molar-refractivity contribution is 9.10. The highest BCUT2D eigenvalue weighted by Gasteiger charge is 2.28. The summed E-state index contributed by atoms with van der Waals surface area (Å²) in [4.78, 5) is 11.7. The number of carbonyl (C=O) groups is 1. The van der Waals surface area contributed by atoms with Crippen molar-refractivity contribution in [2.45, 2.75) is 11.3 Å². The number of sulfonamides is 1. The molecule has 0 unspecified atom stereocenters. The van der Waals surface area contributed by atoms with Gasteiger partial charge in [0.1, 0.15) is 4.90 Å². The third kappa shape index (κ3) is 3.54. The van der Waals surface area contributed by atoms with Crippen LogP contribution in [0.1, 0.15) is 15.4 Å². The van der Waals surface area contributed by atoms with E-state index in [0.29, 0.717) is 13.0 Å². The van der Waals surface area contributed by atoms with Crippen molar-refractivity contribution in [3.63, 3.8) is 0 Å². The first kappa shape index (κ1) is 16.2. The third-order valence-corrected chi connectivity index (χ3v) is 6.46. The van der Waals surface area contributed by atoms with Crippen molar-refractivity contribution < 1.29 is 22.7 Å². The van der Waals surface area contributed by atoms with Crippen LogP contribution in [0.5, 0.6) is 0 Å². The zero-order valence-corrected chi connectivity index (χ0v) is 14.2. The Morgan fingerprint density at radius 3 is 2.76 bits per heavy atom. The molecule has 6 nitrogen and oxygen atoms in total. The molecule has 21 heavy (non-hydrogen) atoms. The maximum atomic E-state index is 12.4. The number of thiophene rings is 1. The first-order chi connectivity index (χ1) is 9.82. The molecule has 0 aliphatic heterocycles. The van der Waals surface area contributed by atoms with E-state index in [0.717, 1.165) is 10.9 Å². The van der Waals surface area contributed by atoms with Gasteiger partial charge in [-0.1, -0.05) is 6.07 Å². The van der Waals surface area contributed by atoms with E-state index in [2.05, 4.69) is 15.9 Å². The number of likely N-dealkylation sites (N-methyl/N-ethyl adjacent to an activating group) is 1. The average molecular weight is 394 g/mol. The molecule has 1 N–H and O–H groups in total. The summed E-state index contributed by atoms with van der Waals surface area (Å²) in [5.74, 6) is -1.74. The number of carboxylic acid groups (broad SMARTS) is 1. The zero-order valence-electron chi connectivity index (χ0n) is 10.9. The second-order valence-corrected chi connectivity index (χ2v) is 7.98. The van der Waals surface area contributed by atoms with Crippen LogP contribution in [0, 0.1) is 0 Å². The molecule has 0 aliphatic carbocycles. The smallest absolute Gasteiger partial charge is 0.371 e. The predicted molar refractivity (Wildman–Crippen MR) is 81.2 cm³/mol. The number of halogens is 1. The molecule has 0 spiro atoms. The summed E-state index contributed by atoms with van der Waals surface area (Å²) in [7, 11) is -2.35. The fraction of sp³-hybridized carbons (Fsp3) is 0.250. The Labute approximate surface area is 134 Å². The van der Waals surface area contributed by atoms with Crippen LogP contribution in [-0.4, -0.2) is 37.4 Å². The van der Waals surface area contributed by atoms with Crippen molar-refractivity contribution in [2.75, 3.05) is 13.6 Å². The van der Waals surface area contributed by atoms with Crippen molar-refractivity contribution in [1.29, 1.82) is 0 Å². The Balaban J connectivity index is 2.18. The van der Waals surface area contributed by atoms with E-state index in [4.69, 9.17) is 9.52 Å². The van der Waals surface area contributed by atoms with E-state index >= 15 is 0 Å². The molecule has 0 radical (unpaired) electrons. The van der Waals surface area contributed by atoms with Gasteiger partial charge in [0, 0.05) is 24.5 Å². The van der Waals surface area contributed by atoms with Crippen LogP contribution < -0.4 is 0 Å². The van der Waals surface area contributed by atoms with Gasteiger partial charge in [0.2, 0.25) is 15.8 Å². The van der Waals surface area contributed by atoms with Gasteiger partial charge in [-0.2, -0.15) is 0 Å². The third-order valence-electron chi connectivity index (χ3n) is 2.81. The standard InChI is InChI=1S/C12H12BrNO5S2/c1-14(5-4-8-3-2-6-20-8)21(17,18)10-7-9(12(15)16)19-11(10)13/h2-3,6-7H,4-5H2,1H3,(H,15,16). The largest absolute Gasteiger partial charge is 0.475 e. The van der Waals surface area contributed by atoms with Gasteiger partial charge in [0.15, 0.2) is 4.67 Å². The van der Waals surface area contributed by atoms with Gasteiger partial charge in [0.05, 0.1) is 0 Å². The minimum absolute atomic E-state index is 0.108. The minimum Gasteiger partial charge on any atom is -0.475 e. The van der Waals surface area contributed by atoms with E-state index in [1.165, 1.54) is 11.4 Å². The second kappa shape index (κ2) is 6.30. The van der Waals surface area contributed by atoms with E-state index in [-0.39, 0.29) is 9.56 Å². The quantitative estimate of drug-likeness (QED) is 0.814. The number of hydrogen-bond donors (Lipinski definition) is 1. The van der Waals surface area contributed by atoms with Crippen molar-refractivity contribution in [3.8, 4) is 0 Å². The predicted octanol–water partition coefficient (Wildman–Crippen LogP) is 2.67. The molecule has 0 atom stereocenters. The molecule has 2 rings (SSSR count). The van der Waals surface area contributed by atoms with Crippen molar-refractivity contribution in [2.24, 2.45) is 0 Å². The Morgan fingerprint density at radius 2 is 2.24 bits per heavy atom. The van der Waals surface area contributed by atoms with Crippen molar-refractivity contribution in [3.05, 3.63) is 38.9 Å². The van der Waals surface area contributed by atoms with Crippen LogP contribution in [0.4, 0.5) is 0 Å². The van der Waals surface area contributed by atoms with Gasteiger partial charge < -0.3 is 9.52 Å². The number of furan rings is 1. The van der Waals surface area contributed by atoms with Gasteiger partial charge >= 0.3 is 5.97 Å². The molecule has 2 aromatic rings. The van der Waals surface area contributed by atoms with E-state index in [9.17, 15) is 13.2 Å². The van der Waals surface area contributed by atoms with Gasteiger partial charge in [-0.05, 0) is 33.8 Å². The van der Waals surface area contributed by atoms with Crippen LogP contribution in [0.2, 0.25) is 0 Å². The molecule has 0 aliphatic rings. The Hall–Kier alpha value is -1.16. The summed E-state index contributed by atoms with van der Waals surface area (Å²) in [6.07, 6.45) is 0.592. The number of carboxylic acids is 1. The fourth-order valence-electron chi connectivity index (χ4n) is 1.64. The SMILES string of the molecule is CN(CCc1cccs1)S(=O)(=O)c1cc(C(=O)O)oc1Br. The summed E-state index contributed by atoms with van der Waals surface area (Å²) in [5, 5.41) is 10.8. The lowest BCUT2D eigenvalue weighted by atomic mass is 10.3. The average Bonchev–Trinajstić information content (AvgIpc) is 3.04. The molecular formula is C12H12BrNO5S2. The molecular weight excluding hydrogens is 382 g/mol. The number of hydrogen-bond acceptors (Lipinski definition) is 5. The van der Waals surface area contributed by atoms with Gasteiger partial charge in [0.25, 0.3) is 0 Å². The van der Waals surface area contributed by atoms with Crippen LogP contribution >= 0.6 is 27.3 Å². The minimum atomic E-state index is -3.80. The Bertz CT molecular complexity index is 736. The van der Waals surface area contributed by atoms with Crippen molar-refractivity contribution >= 4 is 43.3 Å². The fourth-order valence-corrected chi connectivity index (χ4v) is 4.41. The lowest BCUT2D eigenvalue weighted by molar-refractivity contribution is 0.0661. The summed E-state index contributed by atoms with van der Waals surface area (Å²) in [6.45, 7) is 0.295. The first-order valence-corrected chi connectivity index (χ1v) is 8.95. The summed E-state index contributed by atoms with van der Waals surface area (Å²) in [6, 6.07) is 4.84. The number of aromatic carboxylic acids is 1. The van der Waals surface area contributed by atoms with Crippen LogP contribution in [-0.2, 0) is 16.4 Å². The molecule has 2 aromatic heterocycles. The van der Waals surface area contributed by atoms with Crippen LogP contribution in [0.3, 0.4) is 0 Å². The molecule has 114 valence electrons.